The van der Waals surface area contributed by atoms with Crippen LogP contribution in [-0.2, 0) is 0 Å². The summed E-state index contributed by atoms with van der Waals surface area (Å²) in [6.45, 7) is 2.17. The molecule has 0 spiro atoms. The van der Waals surface area contributed by atoms with Crippen molar-refractivity contribution >= 4 is 11.0 Å². The summed E-state index contributed by atoms with van der Waals surface area (Å²) in [5, 5.41) is 0. The van der Waals surface area contributed by atoms with Gasteiger partial charge < -0.3 is 10.7 Å². The van der Waals surface area contributed by atoms with Gasteiger partial charge in [-0.05, 0) is 18.6 Å². The average molecular weight is 203 g/mol. The number of hydrogen-bond acceptors (Lipinski definition) is 2. The van der Waals surface area contributed by atoms with Crippen LogP contribution in [0.3, 0.4) is 0 Å². The molecule has 1 aromatic carbocycles. The fourth-order valence-electron chi connectivity index (χ4n) is 1.71. The second-order valence-corrected chi connectivity index (χ2v) is 3.89. The topological polar surface area (TPSA) is 54.7 Å². The Kier molecular flexibility index (Phi) is 3.02. The van der Waals surface area contributed by atoms with Crippen LogP contribution in [0.5, 0.6) is 0 Å². The molecular weight excluding hydrogens is 186 g/mol. The van der Waals surface area contributed by atoms with Gasteiger partial charge in [-0.15, -0.1) is 0 Å². The number of rotatable bonds is 4. The maximum Gasteiger partial charge on any atom is 0.124 e. The van der Waals surface area contributed by atoms with Gasteiger partial charge in [-0.2, -0.15) is 0 Å². The van der Waals surface area contributed by atoms with Gasteiger partial charge >= 0.3 is 0 Å². The van der Waals surface area contributed by atoms with Gasteiger partial charge in [-0.25, -0.2) is 4.98 Å². The number of nitrogens with one attached hydrogen (secondary N) is 1. The summed E-state index contributed by atoms with van der Waals surface area (Å²) in [5.74, 6) is 0.907. The number of benzene rings is 1. The smallest absolute Gasteiger partial charge is 0.124 e. The van der Waals surface area contributed by atoms with E-state index in [0.29, 0.717) is 0 Å². The van der Waals surface area contributed by atoms with Gasteiger partial charge in [-0.3, -0.25) is 0 Å². The molecule has 80 valence electrons. The molecule has 0 bridgehead atoms. The maximum atomic E-state index is 6.05. The summed E-state index contributed by atoms with van der Waals surface area (Å²) < 4.78 is 0. The van der Waals surface area contributed by atoms with Crippen LogP contribution in [0.25, 0.3) is 11.0 Å². The van der Waals surface area contributed by atoms with Crippen LogP contribution >= 0.6 is 0 Å². The molecule has 1 unspecified atom stereocenters. The Labute approximate surface area is 89.7 Å². The number of aromatic amines is 1. The van der Waals surface area contributed by atoms with Crippen molar-refractivity contribution in [3.8, 4) is 0 Å². The van der Waals surface area contributed by atoms with Gasteiger partial charge in [0.2, 0.25) is 0 Å². The molecule has 0 amide bonds. The molecule has 0 aliphatic heterocycles. The molecule has 2 rings (SSSR count). The molecule has 3 heteroatoms. The first-order valence-electron chi connectivity index (χ1n) is 5.51. The van der Waals surface area contributed by atoms with Crippen molar-refractivity contribution in [2.45, 2.75) is 32.2 Å². The summed E-state index contributed by atoms with van der Waals surface area (Å²) in [6.07, 6.45) is 3.32. The van der Waals surface area contributed by atoms with Crippen LogP contribution in [0.1, 0.15) is 38.1 Å². The minimum atomic E-state index is 0.0392. The lowest BCUT2D eigenvalue weighted by molar-refractivity contribution is 0.581. The molecule has 0 saturated carbocycles. The van der Waals surface area contributed by atoms with E-state index in [1.54, 1.807) is 0 Å². The van der Waals surface area contributed by atoms with E-state index in [4.69, 9.17) is 5.73 Å². The van der Waals surface area contributed by atoms with E-state index in [1.807, 2.05) is 24.3 Å². The number of imidazole rings is 1. The molecule has 2 aromatic rings. The van der Waals surface area contributed by atoms with Crippen molar-refractivity contribution in [1.82, 2.24) is 9.97 Å². The molecule has 1 heterocycles. The van der Waals surface area contributed by atoms with Gasteiger partial charge in [-0.1, -0.05) is 31.9 Å². The fourth-order valence-corrected chi connectivity index (χ4v) is 1.71. The number of nitrogens with zero attached hydrogens (tertiary/aromatic N) is 1. The highest BCUT2D eigenvalue weighted by Gasteiger charge is 2.09. The van der Waals surface area contributed by atoms with Crippen LogP contribution in [0, 0.1) is 0 Å². The number of unbranched alkanes of at least 4 members (excludes halogenated alkanes) is 1. The highest BCUT2D eigenvalue weighted by Crippen LogP contribution is 2.17. The monoisotopic (exact) mass is 203 g/mol. The van der Waals surface area contributed by atoms with E-state index < -0.39 is 0 Å². The molecule has 3 N–H and O–H groups in total. The third kappa shape index (κ3) is 2.18. The molecule has 1 atom stereocenters. The van der Waals surface area contributed by atoms with Crippen LogP contribution < -0.4 is 5.73 Å². The van der Waals surface area contributed by atoms with E-state index in [2.05, 4.69) is 16.9 Å². The zero-order valence-corrected chi connectivity index (χ0v) is 9.03. The molecule has 0 aliphatic rings. The van der Waals surface area contributed by atoms with Crippen molar-refractivity contribution in [3.63, 3.8) is 0 Å². The lowest BCUT2D eigenvalue weighted by atomic mass is 10.1. The van der Waals surface area contributed by atoms with Crippen molar-refractivity contribution in [2.24, 2.45) is 5.73 Å². The van der Waals surface area contributed by atoms with Crippen LogP contribution in [0.2, 0.25) is 0 Å². The lowest BCUT2D eigenvalue weighted by Gasteiger charge is -2.06. The molecule has 0 saturated heterocycles. The van der Waals surface area contributed by atoms with Crippen LogP contribution in [-0.4, -0.2) is 9.97 Å². The van der Waals surface area contributed by atoms with E-state index in [9.17, 15) is 0 Å². The average Bonchev–Trinajstić information content (AvgIpc) is 2.69. The Bertz CT molecular complexity index is 400. The quantitative estimate of drug-likeness (QED) is 0.802. The number of fused-ring (bicyclic) bond motifs is 1. The normalized spacial score (nSPS) is 13.2. The first-order valence-corrected chi connectivity index (χ1v) is 5.51. The number of aromatic nitrogens is 2. The Hall–Kier alpha value is -1.35. The predicted octanol–water partition coefficient (Wildman–Crippen LogP) is 2.75. The van der Waals surface area contributed by atoms with Gasteiger partial charge in [0, 0.05) is 0 Å². The highest BCUT2D eigenvalue weighted by molar-refractivity contribution is 5.74. The third-order valence-corrected chi connectivity index (χ3v) is 2.63. The van der Waals surface area contributed by atoms with Gasteiger partial charge in [0.05, 0.1) is 17.1 Å². The SMILES string of the molecule is CCCCC(N)c1nc2ccccc2[nH]1. The predicted molar refractivity (Wildman–Crippen MR) is 62.5 cm³/mol. The summed E-state index contributed by atoms with van der Waals surface area (Å²) >= 11 is 0. The number of para-hydroxylation sites is 2. The number of nitrogens with two attached hydrogens (primary N) is 1. The molecule has 3 nitrogen and oxygen atoms in total. The zero-order valence-electron chi connectivity index (χ0n) is 9.03. The Morgan fingerprint density at radius 2 is 2.20 bits per heavy atom. The van der Waals surface area contributed by atoms with Gasteiger partial charge in [0.1, 0.15) is 5.82 Å². The van der Waals surface area contributed by atoms with Crippen LogP contribution in [0.4, 0.5) is 0 Å². The van der Waals surface area contributed by atoms with Crippen molar-refractivity contribution in [2.75, 3.05) is 0 Å². The first-order chi connectivity index (χ1) is 7.31. The first kappa shape index (κ1) is 10.2. The fraction of sp³-hybridized carbons (Fsp3) is 0.417. The molecular formula is C12H17N3. The largest absolute Gasteiger partial charge is 0.341 e. The van der Waals surface area contributed by atoms with Gasteiger partial charge in [0.15, 0.2) is 0 Å². The summed E-state index contributed by atoms with van der Waals surface area (Å²) in [7, 11) is 0. The Morgan fingerprint density at radius 1 is 1.40 bits per heavy atom. The van der Waals surface area contributed by atoms with Gasteiger partial charge in [0.25, 0.3) is 0 Å². The number of hydrogen-bond donors (Lipinski definition) is 2. The summed E-state index contributed by atoms with van der Waals surface area (Å²) in [5.41, 5.74) is 8.12. The molecule has 0 radical (unpaired) electrons. The van der Waals surface area contributed by atoms with Crippen molar-refractivity contribution in [1.29, 1.82) is 0 Å². The minimum Gasteiger partial charge on any atom is -0.341 e. The standard InChI is InChI=1S/C12H17N3/c1-2-3-6-9(13)12-14-10-7-4-5-8-11(10)15-12/h4-5,7-9H,2-3,6,13H2,1H3,(H,14,15). The second kappa shape index (κ2) is 4.45. The summed E-state index contributed by atoms with van der Waals surface area (Å²) in [4.78, 5) is 7.75. The summed E-state index contributed by atoms with van der Waals surface area (Å²) in [6, 6.07) is 8.06. The van der Waals surface area contributed by atoms with E-state index in [0.717, 1.165) is 29.7 Å². The highest BCUT2D eigenvalue weighted by atomic mass is 15.0. The maximum absolute atomic E-state index is 6.05. The van der Waals surface area contributed by atoms with E-state index in [-0.39, 0.29) is 6.04 Å². The Balaban J connectivity index is 2.20. The molecule has 0 fully saturated rings. The van der Waals surface area contributed by atoms with Crippen molar-refractivity contribution in [3.05, 3.63) is 30.1 Å². The number of H-pyrrole nitrogens is 1. The minimum absolute atomic E-state index is 0.0392. The zero-order chi connectivity index (χ0) is 10.7. The van der Waals surface area contributed by atoms with E-state index >= 15 is 0 Å². The van der Waals surface area contributed by atoms with Crippen LogP contribution in [0.15, 0.2) is 24.3 Å². The van der Waals surface area contributed by atoms with Crippen molar-refractivity contribution < 1.29 is 0 Å². The molecule has 0 aliphatic carbocycles. The third-order valence-electron chi connectivity index (χ3n) is 2.63. The second-order valence-electron chi connectivity index (χ2n) is 3.89. The molecule has 1 aromatic heterocycles. The van der Waals surface area contributed by atoms with E-state index in [1.165, 1.54) is 6.42 Å². The molecule has 15 heavy (non-hydrogen) atoms. The Morgan fingerprint density at radius 3 is 2.93 bits per heavy atom. The lowest BCUT2D eigenvalue weighted by Crippen LogP contribution is -2.11.